The number of fused-ring (bicyclic) bond motifs is 1. The van der Waals surface area contributed by atoms with Crippen LogP contribution in [0.2, 0.25) is 0 Å². The molecule has 1 aromatic carbocycles. The summed E-state index contributed by atoms with van der Waals surface area (Å²) in [6, 6.07) is 10.5. The highest BCUT2D eigenvalue weighted by Crippen LogP contribution is 2.63. The molecule has 3 atom stereocenters. The van der Waals surface area contributed by atoms with Crippen molar-refractivity contribution in [1.82, 2.24) is 0 Å². The molecular weight excluding hydrogens is 335 g/mol. The molecule has 2 saturated carbocycles. The lowest BCUT2D eigenvalue weighted by molar-refractivity contribution is 0.0521. The van der Waals surface area contributed by atoms with Crippen molar-refractivity contribution in [2.45, 2.75) is 24.9 Å². The first-order chi connectivity index (χ1) is 8.87. The van der Waals surface area contributed by atoms with E-state index in [-0.39, 0.29) is 5.60 Å². The van der Waals surface area contributed by atoms with Crippen molar-refractivity contribution < 1.29 is 4.74 Å². The molecule has 3 rings (SSSR count). The van der Waals surface area contributed by atoms with Gasteiger partial charge in [-0.3, -0.25) is 0 Å². The second-order valence-electron chi connectivity index (χ2n) is 5.28. The summed E-state index contributed by atoms with van der Waals surface area (Å²) in [5.74, 6) is 1.58. The summed E-state index contributed by atoms with van der Waals surface area (Å²) in [6.07, 6.45) is 8.68. The Balaban J connectivity index is 1.73. The van der Waals surface area contributed by atoms with E-state index in [2.05, 4.69) is 65.1 Å². The lowest BCUT2D eigenvalue weighted by Gasteiger charge is -2.17. The molecule has 0 aliphatic heterocycles. The Morgan fingerprint density at radius 2 is 1.94 bits per heavy atom. The standard InChI is InChI=1S/C16H19IO/c17-11-12-18-16(14-7-4-8-15(14)16)10-9-13-5-2-1-3-6-13/h1-3,5-6,9-10,14-15H,4,7-8,11-12H2/b10-9+/t14-,15+,16?. The Morgan fingerprint density at radius 3 is 2.61 bits per heavy atom. The number of hydrogen-bond donors (Lipinski definition) is 0. The first kappa shape index (κ1) is 12.7. The molecule has 2 fully saturated rings. The lowest BCUT2D eigenvalue weighted by Crippen LogP contribution is -2.19. The van der Waals surface area contributed by atoms with Gasteiger partial charge < -0.3 is 4.74 Å². The van der Waals surface area contributed by atoms with Crippen LogP contribution in [0.1, 0.15) is 24.8 Å². The fraction of sp³-hybridized carbons (Fsp3) is 0.500. The normalized spacial score (nSPS) is 33.8. The summed E-state index contributed by atoms with van der Waals surface area (Å²) in [6.45, 7) is 0.882. The maximum absolute atomic E-state index is 6.18. The molecule has 1 nitrogen and oxygen atoms in total. The predicted molar refractivity (Wildman–Crippen MR) is 83.9 cm³/mol. The Kier molecular flexibility index (Phi) is 3.76. The van der Waals surface area contributed by atoms with Crippen LogP contribution in [-0.2, 0) is 4.74 Å². The third-order valence-electron chi connectivity index (χ3n) is 4.33. The van der Waals surface area contributed by atoms with Crippen LogP contribution in [0.3, 0.4) is 0 Å². The number of ether oxygens (including phenoxy) is 1. The van der Waals surface area contributed by atoms with Crippen molar-refractivity contribution >= 4 is 28.7 Å². The predicted octanol–water partition coefficient (Wildman–Crippen LogP) is 4.32. The van der Waals surface area contributed by atoms with Gasteiger partial charge in [0.25, 0.3) is 0 Å². The summed E-state index contributed by atoms with van der Waals surface area (Å²) in [5.41, 5.74) is 1.36. The van der Waals surface area contributed by atoms with Crippen LogP contribution in [0.5, 0.6) is 0 Å². The number of halogens is 1. The van der Waals surface area contributed by atoms with Gasteiger partial charge in [-0.05, 0) is 30.2 Å². The van der Waals surface area contributed by atoms with E-state index in [0.29, 0.717) is 0 Å². The van der Waals surface area contributed by atoms with Crippen molar-refractivity contribution in [3.63, 3.8) is 0 Å². The number of hydrogen-bond acceptors (Lipinski definition) is 1. The maximum Gasteiger partial charge on any atom is 0.0929 e. The van der Waals surface area contributed by atoms with E-state index < -0.39 is 0 Å². The van der Waals surface area contributed by atoms with Crippen LogP contribution in [0.4, 0.5) is 0 Å². The quantitative estimate of drug-likeness (QED) is 0.565. The fourth-order valence-electron chi connectivity index (χ4n) is 3.46. The zero-order valence-electron chi connectivity index (χ0n) is 10.5. The van der Waals surface area contributed by atoms with Gasteiger partial charge in [0.15, 0.2) is 0 Å². The average Bonchev–Trinajstić information content (AvgIpc) is 2.78. The Labute approximate surface area is 123 Å². The molecule has 0 amide bonds. The minimum atomic E-state index is 0.0826. The lowest BCUT2D eigenvalue weighted by atomic mass is 10.1. The molecule has 0 radical (unpaired) electrons. The van der Waals surface area contributed by atoms with Crippen molar-refractivity contribution in [3.05, 3.63) is 42.0 Å². The van der Waals surface area contributed by atoms with E-state index in [1.54, 1.807) is 0 Å². The second kappa shape index (κ2) is 5.33. The molecular formula is C16H19IO. The molecule has 18 heavy (non-hydrogen) atoms. The fourth-order valence-corrected chi connectivity index (χ4v) is 3.68. The average molecular weight is 354 g/mol. The van der Waals surface area contributed by atoms with Gasteiger partial charge in [0, 0.05) is 4.43 Å². The summed E-state index contributed by atoms with van der Waals surface area (Å²) >= 11 is 2.39. The Bertz CT molecular complexity index is 416. The molecule has 2 heteroatoms. The van der Waals surface area contributed by atoms with Gasteiger partial charge in [-0.25, -0.2) is 0 Å². The topological polar surface area (TPSA) is 9.23 Å². The molecule has 0 heterocycles. The van der Waals surface area contributed by atoms with Crippen molar-refractivity contribution in [2.24, 2.45) is 11.8 Å². The Hall–Kier alpha value is -0.350. The van der Waals surface area contributed by atoms with Gasteiger partial charge in [0.05, 0.1) is 12.2 Å². The van der Waals surface area contributed by atoms with Gasteiger partial charge in [0.1, 0.15) is 0 Å². The van der Waals surface area contributed by atoms with Gasteiger partial charge in [-0.1, -0.05) is 71.5 Å². The zero-order valence-corrected chi connectivity index (χ0v) is 12.7. The highest BCUT2D eigenvalue weighted by Gasteiger charge is 2.65. The minimum absolute atomic E-state index is 0.0826. The molecule has 0 spiro atoms. The van der Waals surface area contributed by atoms with E-state index in [4.69, 9.17) is 4.74 Å². The van der Waals surface area contributed by atoms with Crippen molar-refractivity contribution in [3.8, 4) is 0 Å². The smallest absolute Gasteiger partial charge is 0.0929 e. The highest BCUT2D eigenvalue weighted by atomic mass is 127. The number of rotatable bonds is 5. The van der Waals surface area contributed by atoms with Gasteiger partial charge >= 0.3 is 0 Å². The highest BCUT2D eigenvalue weighted by molar-refractivity contribution is 14.1. The van der Waals surface area contributed by atoms with Gasteiger partial charge in [0.2, 0.25) is 0 Å². The summed E-state index contributed by atoms with van der Waals surface area (Å²) in [5, 5.41) is 0. The van der Waals surface area contributed by atoms with Crippen LogP contribution >= 0.6 is 22.6 Å². The molecule has 2 aliphatic rings. The van der Waals surface area contributed by atoms with E-state index in [0.717, 1.165) is 22.9 Å². The van der Waals surface area contributed by atoms with E-state index in [1.165, 1.54) is 24.8 Å². The third kappa shape index (κ3) is 2.25. The first-order valence-corrected chi connectivity index (χ1v) is 8.33. The Morgan fingerprint density at radius 1 is 1.22 bits per heavy atom. The van der Waals surface area contributed by atoms with Crippen LogP contribution in [-0.4, -0.2) is 16.6 Å². The molecule has 0 N–H and O–H groups in total. The molecule has 2 aliphatic carbocycles. The number of benzene rings is 1. The second-order valence-corrected chi connectivity index (χ2v) is 6.36. The first-order valence-electron chi connectivity index (χ1n) is 6.81. The molecule has 1 unspecified atom stereocenters. The SMILES string of the molecule is ICCOC1(/C=C/c2ccccc2)[C@@H]2CCC[C@@H]21. The molecule has 0 saturated heterocycles. The minimum Gasteiger partial charge on any atom is -0.370 e. The van der Waals surface area contributed by atoms with Crippen LogP contribution in [0.25, 0.3) is 6.08 Å². The summed E-state index contributed by atoms with van der Waals surface area (Å²) in [4.78, 5) is 0. The van der Waals surface area contributed by atoms with Crippen LogP contribution < -0.4 is 0 Å². The van der Waals surface area contributed by atoms with Crippen LogP contribution in [0.15, 0.2) is 36.4 Å². The summed E-state index contributed by atoms with van der Waals surface area (Å²) < 4.78 is 7.27. The van der Waals surface area contributed by atoms with Gasteiger partial charge in [-0.15, -0.1) is 0 Å². The van der Waals surface area contributed by atoms with Crippen molar-refractivity contribution in [1.29, 1.82) is 0 Å². The van der Waals surface area contributed by atoms with E-state index in [9.17, 15) is 0 Å². The molecule has 0 bridgehead atoms. The van der Waals surface area contributed by atoms with E-state index in [1.807, 2.05) is 0 Å². The molecule has 96 valence electrons. The summed E-state index contributed by atoms with van der Waals surface area (Å²) in [7, 11) is 0. The van der Waals surface area contributed by atoms with Gasteiger partial charge in [-0.2, -0.15) is 0 Å². The van der Waals surface area contributed by atoms with Crippen LogP contribution in [0, 0.1) is 11.8 Å². The molecule has 1 aromatic rings. The van der Waals surface area contributed by atoms with E-state index >= 15 is 0 Å². The number of alkyl halides is 1. The van der Waals surface area contributed by atoms with Crippen molar-refractivity contribution in [2.75, 3.05) is 11.0 Å². The third-order valence-corrected chi connectivity index (χ3v) is 4.77. The zero-order chi connectivity index (χ0) is 12.4. The molecule has 0 aromatic heterocycles. The maximum atomic E-state index is 6.18. The largest absolute Gasteiger partial charge is 0.370 e. The monoisotopic (exact) mass is 354 g/mol.